The number of nitrogens with one attached hydrogen (secondary N) is 1. The van der Waals surface area contributed by atoms with E-state index in [0.29, 0.717) is 25.4 Å². The molecule has 0 spiro atoms. The molecule has 35 heavy (non-hydrogen) atoms. The van der Waals surface area contributed by atoms with E-state index in [-0.39, 0.29) is 30.5 Å². The Labute approximate surface area is 209 Å². The number of nitrogens with zero attached hydrogens (tertiary/aromatic N) is 1. The van der Waals surface area contributed by atoms with Gasteiger partial charge in [-0.15, -0.1) is 0 Å². The molecule has 1 N–H and O–H groups in total. The van der Waals surface area contributed by atoms with Crippen LogP contribution in [0.25, 0.3) is 0 Å². The molecule has 1 heterocycles. The summed E-state index contributed by atoms with van der Waals surface area (Å²) in [6.07, 6.45) is 8.45. The summed E-state index contributed by atoms with van der Waals surface area (Å²) in [5.41, 5.74) is 0.923. The summed E-state index contributed by atoms with van der Waals surface area (Å²) in [6, 6.07) is 7.94. The van der Waals surface area contributed by atoms with E-state index in [1.165, 1.54) is 0 Å². The zero-order valence-electron chi connectivity index (χ0n) is 21.5. The van der Waals surface area contributed by atoms with Crippen molar-refractivity contribution >= 4 is 17.8 Å². The number of carbonyl (C=O) groups excluding carboxylic acids is 3. The number of fused-ring (bicyclic) bond motifs is 1. The number of ether oxygens (including phenoxy) is 2. The maximum Gasteiger partial charge on any atom is 0.329 e. The Morgan fingerprint density at radius 2 is 1.83 bits per heavy atom. The van der Waals surface area contributed by atoms with Gasteiger partial charge in [0, 0.05) is 6.04 Å². The molecule has 3 rings (SSSR count). The standard InChI is InChI=1S/C28H42N2O5/c1-4-6-7-11-16-23(27(32)34-5-2)29-20(3)26(31)30-24-17-12-15-22(24)18-25(30)28(33)35-19-21-13-9-8-10-14-21/h8-10,13-14,20,22-25,29H,4-7,11-12,15-19H2,1-3H3/t20?,22-,23?,24-,25-/m0/s1. The first-order valence-electron chi connectivity index (χ1n) is 13.4. The topological polar surface area (TPSA) is 84.9 Å². The Kier molecular flexibility index (Phi) is 10.6. The molecule has 0 bridgehead atoms. The van der Waals surface area contributed by atoms with Crippen molar-refractivity contribution in [1.82, 2.24) is 10.2 Å². The largest absolute Gasteiger partial charge is 0.465 e. The predicted octanol–water partition coefficient (Wildman–Crippen LogP) is 4.38. The number of esters is 2. The van der Waals surface area contributed by atoms with Crippen LogP contribution in [-0.2, 0) is 30.5 Å². The summed E-state index contributed by atoms with van der Waals surface area (Å²) in [6.45, 7) is 6.23. The van der Waals surface area contributed by atoms with E-state index in [1.807, 2.05) is 30.3 Å². The van der Waals surface area contributed by atoms with Crippen molar-refractivity contribution < 1.29 is 23.9 Å². The summed E-state index contributed by atoms with van der Waals surface area (Å²) in [4.78, 5) is 41.1. The van der Waals surface area contributed by atoms with Crippen LogP contribution in [0.2, 0.25) is 0 Å². The van der Waals surface area contributed by atoms with Crippen LogP contribution in [0, 0.1) is 5.92 Å². The van der Waals surface area contributed by atoms with E-state index in [1.54, 1.807) is 18.7 Å². The molecule has 1 amide bonds. The molecule has 1 aromatic rings. The highest BCUT2D eigenvalue weighted by Crippen LogP contribution is 2.42. The van der Waals surface area contributed by atoms with Crippen LogP contribution in [-0.4, -0.2) is 53.5 Å². The van der Waals surface area contributed by atoms with Gasteiger partial charge in [0.05, 0.1) is 12.6 Å². The highest BCUT2D eigenvalue weighted by molar-refractivity contribution is 5.89. The smallest absolute Gasteiger partial charge is 0.329 e. The number of unbranched alkanes of at least 4 members (excludes halogenated alkanes) is 3. The zero-order valence-corrected chi connectivity index (χ0v) is 21.5. The van der Waals surface area contributed by atoms with Crippen LogP contribution >= 0.6 is 0 Å². The molecule has 2 aliphatic rings. The fourth-order valence-electron chi connectivity index (χ4n) is 5.53. The van der Waals surface area contributed by atoms with Crippen LogP contribution in [0.3, 0.4) is 0 Å². The normalized spacial score (nSPS) is 22.9. The van der Waals surface area contributed by atoms with E-state index >= 15 is 0 Å². The first-order chi connectivity index (χ1) is 17.0. The van der Waals surface area contributed by atoms with E-state index in [9.17, 15) is 14.4 Å². The van der Waals surface area contributed by atoms with Gasteiger partial charge in [0.2, 0.25) is 5.91 Å². The molecule has 5 atom stereocenters. The molecule has 0 radical (unpaired) electrons. The SMILES string of the molecule is CCCCCCC(NC(C)C(=O)N1[C@H](C(=O)OCc2ccccc2)C[C@@H]2CCC[C@@H]21)C(=O)OCC. The van der Waals surface area contributed by atoms with Gasteiger partial charge in [-0.25, -0.2) is 4.79 Å². The molecule has 1 aliphatic heterocycles. The van der Waals surface area contributed by atoms with Crippen molar-refractivity contribution in [3.05, 3.63) is 35.9 Å². The lowest BCUT2D eigenvalue weighted by molar-refractivity contribution is -0.156. The third kappa shape index (κ3) is 7.29. The maximum atomic E-state index is 13.7. The number of carbonyl (C=O) groups is 3. The molecule has 1 saturated heterocycles. The summed E-state index contributed by atoms with van der Waals surface area (Å²) >= 11 is 0. The van der Waals surface area contributed by atoms with Gasteiger partial charge in [0.15, 0.2) is 0 Å². The lowest BCUT2D eigenvalue weighted by atomic mass is 10.0. The molecule has 7 heteroatoms. The first kappa shape index (κ1) is 27.2. The van der Waals surface area contributed by atoms with Gasteiger partial charge in [-0.2, -0.15) is 0 Å². The molecule has 2 unspecified atom stereocenters. The highest BCUT2D eigenvalue weighted by atomic mass is 16.5. The van der Waals surface area contributed by atoms with Crippen molar-refractivity contribution in [1.29, 1.82) is 0 Å². The second-order valence-electron chi connectivity index (χ2n) is 9.89. The second kappa shape index (κ2) is 13.6. The summed E-state index contributed by atoms with van der Waals surface area (Å²) in [5, 5.41) is 3.23. The Hall–Kier alpha value is -2.41. The maximum absolute atomic E-state index is 13.7. The average molecular weight is 487 g/mol. The van der Waals surface area contributed by atoms with Crippen molar-refractivity contribution in [3.8, 4) is 0 Å². The average Bonchev–Trinajstić information content (AvgIpc) is 3.46. The van der Waals surface area contributed by atoms with E-state index in [2.05, 4.69) is 12.2 Å². The van der Waals surface area contributed by atoms with Crippen LogP contribution < -0.4 is 5.32 Å². The molecule has 1 saturated carbocycles. The molecule has 194 valence electrons. The van der Waals surface area contributed by atoms with Gasteiger partial charge in [-0.3, -0.25) is 14.9 Å². The van der Waals surface area contributed by atoms with Crippen LogP contribution in [0.15, 0.2) is 30.3 Å². The number of hydrogen-bond donors (Lipinski definition) is 1. The predicted molar refractivity (Wildman–Crippen MR) is 134 cm³/mol. The monoisotopic (exact) mass is 486 g/mol. The third-order valence-electron chi connectivity index (χ3n) is 7.33. The Balaban J connectivity index is 1.66. The second-order valence-corrected chi connectivity index (χ2v) is 9.89. The number of hydrogen-bond acceptors (Lipinski definition) is 6. The molecular weight excluding hydrogens is 444 g/mol. The summed E-state index contributed by atoms with van der Waals surface area (Å²) in [5.74, 6) is -0.466. The summed E-state index contributed by atoms with van der Waals surface area (Å²) in [7, 11) is 0. The molecule has 0 aromatic heterocycles. The Morgan fingerprint density at radius 3 is 2.54 bits per heavy atom. The number of amides is 1. The third-order valence-corrected chi connectivity index (χ3v) is 7.33. The van der Waals surface area contributed by atoms with Gasteiger partial charge in [-0.1, -0.05) is 69.4 Å². The van der Waals surface area contributed by atoms with Crippen molar-refractivity contribution in [2.24, 2.45) is 5.92 Å². The molecule has 1 aliphatic carbocycles. The fraction of sp³-hybridized carbons (Fsp3) is 0.679. The van der Waals surface area contributed by atoms with Crippen LogP contribution in [0.5, 0.6) is 0 Å². The van der Waals surface area contributed by atoms with Gasteiger partial charge >= 0.3 is 11.9 Å². The van der Waals surface area contributed by atoms with Crippen molar-refractivity contribution in [2.75, 3.05) is 6.61 Å². The lowest BCUT2D eigenvalue weighted by Crippen LogP contribution is -2.55. The Bertz CT molecular complexity index is 830. The minimum atomic E-state index is -0.598. The quantitative estimate of drug-likeness (QED) is 0.329. The van der Waals surface area contributed by atoms with Gasteiger partial charge in [0.25, 0.3) is 0 Å². The highest BCUT2D eigenvalue weighted by Gasteiger charge is 2.50. The van der Waals surface area contributed by atoms with Gasteiger partial charge in [0.1, 0.15) is 18.7 Å². The van der Waals surface area contributed by atoms with Crippen LogP contribution in [0.1, 0.15) is 84.1 Å². The lowest BCUT2D eigenvalue weighted by Gasteiger charge is -2.32. The number of benzene rings is 1. The number of rotatable bonds is 13. The van der Waals surface area contributed by atoms with Gasteiger partial charge < -0.3 is 14.4 Å². The molecule has 2 fully saturated rings. The van der Waals surface area contributed by atoms with Crippen molar-refractivity contribution in [3.63, 3.8) is 0 Å². The Morgan fingerprint density at radius 1 is 1.06 bits per heavy atom. The molecular formula is C28H42N2O5. The number of likely N-dealkylation sites (tertiary alicyclic amines) is 1. The van der Waals surface area contributed by atoms with E-state index < -0.39 is 18.1 Å². The zero-order chi connectivity index (χ0) is 25.2. The first-order valence-corrected chi connectivity index (χ1v) is 13.4. The van der Waals surface area contributed by atoms with E-state index in [0.717, 1.165) is 50.5 Å². The summed E-state index contributed by atoms with van der Waals surface area (Å²) < 4.78 is 10.9. The van der Waals surface area contributed by atoms with Gasteiger partial charge in [-0.05, 0) is 51.0 Å². The fourth-order valence-corrected chi connectivity index (χ4v) is 5.53. The minimum absolute atomic E-state index is 0.0617. The minimum Gasteiger partial charge on any atom is -0.465 e. The van der Waals surface area contributed by atoms with Crippen LogP contribution in [0.4, 0.5) is 0 Å². The molecule has 7 nitrogen and oxygen atoms in total. The van der Waals surface area contributed by atoms with Crippen molar-refractivity contribution in [2.45, 2.75) is 109 Å². The van der Waals surface area contributed by atoms with E-state index in [4.69, 9.17) is 9.47 Å². The molecule has 1 aromatic carbocycles.